The minimum Gasteiger partial charge on any atom is -0.386 e. The number of nitrogens with two attached hydrogens (primary N) is 1. The van der Waals surface area contributed by atoms with Crippen LogP contribution in [0.5, 0.6) is 0 Å². The van der Waals surface area contributed by atoms with E-state index in [0.29, 0.717) is 12.6 Å². The van der Waals surface area contributed by atoms with Gasteiger partial charge in [0.1, 0.15) is 27.6 Å². The van der Waals surface area contributed by atoms with Crippen LogP contribution in [-0.2, 0) is 21.6 Å². The number of anilines is 1. The summed E-state index contributed by atoms with van der Waals surface area (Å²) in [4.78, 5) is 20.4. The lowest BCUT2D eigenvalue weighted by molar-refractivity contribution is -0.137. The molecule has 1 fully saturated rings. The first-order valence-corrected chi connectivity index (χ1v) is 12.5. The molecule has 1 aromatic carbocycles. The maximum Gasteiger partial charge on any atom is 0.417 e. The number of amides is 1. The SMILES string of the molecule is C[C@@]1(c2cc(NC(=O)c3ccc(C(F)(F)F)cn3)ccc2F)CS(=O)(=O)[C@](C)(CC2CC2)C(N)=N1. The standard InChI is InChI=1S/C23H24F4N4O3S/c1-21(12-35(33,34)22(2,20(28)31-21)10-13-3-4-13)16-9-15(6-7-17(16)24)30-19(32)18-8-5-14(11-29-18)23(25,26)27/h5-9,11,13H,3-4,10,12H2,1-2H3,(H2,28,31)(H,30,32)/t21-,22+/m0/s1. The predicted octanol–water partition coefficient (Wildman–Crippen LogP) is 4.05. The summed E-state index contributed by atoms with van der Waals surface area (Å²) in [6, 6.07) is 5.18. The highest BCUT2D eigenvalue weighted by molar-refractivity contribution is 7.93. The number of carbonyl (C=O) groups is 1. The van der Waals surface area contributed by atoms with Crippen LogP contribution >= 0.6 is 0 Å². The Morgan fingerprint density at radius 2 is 1.89 bits per heavy atom. The maximum atomic E-state index is 14.9. The van der Waals surface area contributed by atoms with Gasteiger partial charge in [-0.25, -0.2) is 12.8 Å². The van der Waals surface area contributed by atoms with Crippen molar-refractivity contribution in [1.82, 2.24) is 4.98 Å². The van der Waals surface area contributed by atoms with Crippen molar-refractivity contribution in [3.63, 3.8) is 0 Å². The van der Waals surface area contributed by atoms with Crippen molar-refractivity contribution in [1.29, 1.82) is 0 Å². The average Bonchev–Trinajstić information content (AvgIpc) is 3.56. The number of nitrogens with one attached hydrogen (secondary N) is 1. The summed E-state index contributed by atoms with van der Waals surface area (Å²) >= 11 is 0. The van der Waals surface area contributed by atoms with Gasteiger partial charge < -0.3 is 11.1 Å². The fourth-order valence-electron chi connectivity index (χ4n) is 4.25. The normalized spacial score (nSPS) is 26.2. The molecule has 1 aliphatic carbocycles. The number of halogens is 4. The number of sulfone groups is 1. The van der Waals surface area contributed by atoms with Crippen LogP contribution in [0, 0.1) is 11.7 Å². The summed E-state index contributed by atoms with van der Waals surface area (Å²) in [5.41, 5.74) is 3.33. The number of hydrogen-bond acceptors (Lipinski definition) is 6. The number of benzene rings is 1. The zero-order chi connectivity index (χ0) is 25.8. The number of nitrogens with zero attached hydrogens (tertiary/aromatic N) is 2. The highest BCUT2D eigenvalue weighted by Crippen LogP contribution is 2.45. The third-order valence-corrected chi connectivity index (χ3v) is 9.26. The van der Waals surface area contributed by atoms with Gasteiger partial charge in [-0.2, -0.15) is 13.2 Å². The zero-order valence-corrected chi connectivity index (χ0v) is 19.8. The van der Waals surface area contributed by atoms with Crippen LogP contribution in [0.15, 0.2) is 41.5 Å². The van der Waals surface area contributed by atoms with E-state index in [0.717, 1.165) is 31.0 Å². The second-order valence-electron chi connectivity index (χ2n) is 9.49. The Morgan fingerprint density at radius 3 is 2.43 bits per heavy atom. The fourth-order valence-corrected chi connectivity index (χ4v) is 6.39. The summed E-state index contributed by atoms with van der Waals surface area (Å²) in [5.74, 6) is -1.85. The van der Waals surface area contributed by atoms with Crippen molar-refractivity contribution in [3.05, 3.63) is 59.2 Å². The lowest BCUT2D eigenvalue weighted by Gasteiger charge is -2.40. The van der Waals surface area contributed by atoms with Crippen molar-refractivity contribution in [2.75, 3.05) is 11.1 Å². The van der Waals surface area contributed by atoms with Gasteiger partial charge in [0.15, 0.2) is 9.84 Å². The molecule has 2 atom stereocenters. The number of pyridine rings is 1. The minimum absolute atomic E-state index is 0.0825. The Morgan fingerprint density at radius 1 is 1.20 bits per heavy atom. The second-order valence-corrected chi connectivity index (χ2v) is 11.9. The molecule has 4 rings (SSSR count). The van der Waals surface area contributed by atoms with Crippen molar-refractivity contribution < 1.29 is 30.8 Å². The largest absolute Gasteiger partial charge is 0.417 e. The van der Waals surface area contributed by atoms with Crippen molar-refractivity contribution in [2.45, 2.75) is 49.6 Å². The number of carbonyl (C=O) groups excluding carboxylic acids is 1. The van der Waals surface area contributed by atoms with Crippen molar-refractivity contribution >= 4 is 27.3 Å². The van der Waals surface area contributed by atoms with Crippen LogP contribution in [0.2, 0.25) is 0 Å². The summed E-state index contributed by atoms with van der Waals surface area (Å²) in [7, 11) is -3.81. The molecule has 12 heteroatoms. The molecule has 1 aliphatic heterocycles. The predicted molar refractivity (Wildman–Crippen MR) is 122 cm³/mol. The smallest absolute Gasteiger partial charge is 0.386 e. The minimum atomic E-state index is -4.60. The van der Waals surface area contributed by atoms with Gasteiger partial charge in [0.25, 0.3) is 5.91 Å². The molecule has 3 N–H and O–H groups in total. The van der Waals surface area contributed by atoms with E-state index in [1.807, 2.05) is 0 Å². The molecule has 7 nitrogen and oxygen atoms in total. The molecule has 1 amide bonds. The van der Waals surface area contributed by atoms with E-state index >= 15 is 0 Å². The fraction of sp³-hybridized carbons (Fsp3) is 0.435. The highest BCUT2D eigenvalue weighted by Gasteiger charge is 2.53. The molecule has 1 aromatic heterocycles. The summed E-state index contributed by atoms with van der Waals surface area (Å²) in [5, 5.41) is 2.44. The van der Waals surface area contributed by atoms with Crippen LogP contribution in [0.4, 0.5) is 23.2 Å². The van der Waals surface area contributed by atoms with Crippen molar-refractivity contribution in [2.24, 2.45) is 16.6 Å². The number of alkyl halides is 3. The van der Waals surface area contributed by atoms with Gasteiger partial charge >= 0.3 is 6.18 Å². The lowest BCUT2D eigenvalue weighted by atomic mass is 9.92. The first-order valence-electron chi connectivity index (χ1n) is 10.9. The summed E-state index contributed by atoms with van der Waals surface area (Å²) in [6.07, 6.45) is -1.84. The Kier molecular flexibility index (Phi) is 5.94. The molecule has 2 heterocycles. The van der Waals surface area contributed by atoms with Crippen LogP contribution < -0.4 is 11.1 Å². The first kappa shape index (κ1) is 25.1. The maximum absolute atomic E-state index is 14.9. The molecule has 0 spiro atoms. The third kappa shape index (κ3) is 4.75. The van der Waals surface area contributed by atoms with Crippen LogP contribution in [-0.4, -0.2) is 35.6 Å². The molecule has 1 saturated carbocycles. The van der Waals surface area contributed by atoms with Crippen LogP contribution in [0.25, 0.3) is 0 Å². The van der Waals surface area contributed by atoms with Gasteiger partial charge in [0, 0.05) is 17.4 Å². The Balaban J connectivity index is 1.62. The van der Waals surface area contributed by atoms with Gasteiger partial charge in [0.2, 0.25) is 0 Å². The molecule has 0 unspecified atom stereocenters. The van der Waals surface area contributed by atoms with Crippen LogP contribution in [0.1, 0.15) is 54.7 Å². The summed E-state index contributed by atoms with van der Waals surface area (Å²) in [6.45, 7) is 3.00. The van der Waals surface area contributed by atoms with Gasteiger partial charge in [-0.1, -0.05) is 12.8 Å². The topological polar surface area (TPSA) is 115 Å². The van der Waals surface area contributed by atoms with Gasteiger partial charge in [-0.3, -0.25) is 14.8 Å². The number of amidine groups is 1. The second kappa shape index (κ2) is 8.28. The summed E-state index contributed by atoms with van der Waals surface area (Å²) < 4.78 is 78.3. The van der Waals surface area contributed by atoms with Gasteiger partial charge in [0.05, 0.1) is 11.3 Å². The Labute approximate surface area is 199 Å². The van der Waals surface area contributed by atoms with E-state index in [-0.39, 0.29) is 28.7 Å². The lowest BCUT2D eigenvalue weighted by Crippen LogP contribution is -2.57. The quantitative estimate of drug-likeness (QED) is 0.587. The number of hydrogen-bond donors (Lipinski definition) is 2. The van der Waals surface area contributed by atoms with E-state index < -0.39 is 49.3 Å². The van der Waals surface area contributed by atoms with E-state index in [1.54, 1.807) is 6.92 Å². The zero-order valence-electron chi connectivity index (χ0n) is 19.0. The first-order chi connectivity index (χ1) is 16.1. The van der Waals surface area contributed by atoms with E-state index in [2.05, 4.69) is 15.3 Å². The van der Waals surface area contributed by atoms with Gasteiger partial charge in [-0.05, 0) is 56.5 Å². The van der Waals surface area contributed by atoms with Crippen molar-refractivity contribution in [3.8, 4) is 0 Å². The van der Waals surface area contributed by atoms with Crippen LogP contribution in [0.3, 0.4) is 0 Å². The molecular weight excluding hydrogens is 488 g/mol. The molecule has 0 radical (unpaired) electrons. The average molecular weight is 513 g/mol. The third-order valence-electron chi connectivity index (χ3n) is 6.57. The van der Waals surface area contributed by atoms with E-state index in [9.17, 15) is 30.8 Å². The Bertz CT molecular complexity index is 1310. The molecule has 188 valence electrons. The molecule has 2 aromatic rings. The Hall–Kier alpha value is -3.02. The molecule has 2 aliphatic rings. The molecule has 0 bridgehead atoms. The van der Waals surface area contributed by atoms with Gasteiger partial charge in [-0.15, -0.1) is 0 Å². The van der Waals surface area contributed by atoms with E-state index in [1.165, 1.54) is 19.1 Å². The molecular formula is C23H24F4N4O3S. The molecule has 0 saturated heterocycles. The van der Waals surface area contributed by atoms with E-state index in [4.69, 9.17) is 5.73 Å². The molecule has 35 heavy (non-hydrogen) atoms. The number of aliphatic imine (C=N–C) groups is 1. The number of rotatable bonds is 5. The highest BCUT2D eigenvalue weighted by atomic mass is 32.2. The monoisotopic (exact) mass is 512 g/mol. The number of aromatic nitrogens is 1.